The molecule has 0 aromatic heterocycles. The average Bonchev–Trinajstić information content (AvgIpc) is 2.53. The highest BCUT2D eigenvalue weighted by molar-refractivity contribution is 5.87. The second-order valence-corrected chi connectivity index (χ2v) is 4.75. The van der Waals surface area contributed by atoms with E-state index in [9.17, 15) is 4.79 Å². The smallest absolute Gasteiger partial charge is 0.333 e. The van der Waals surface area contributed by atoms with Crippen LogP contribution in [0.4, 0.5) is 0 Å². The predicted octanol–water partition coefficient (Wildman–Crippen LogP) is 5.41. The van der Waals surface area contributed by atoms with E-state index in [1.807, 2.05) is 43.3 Å². The van der Waals surface area contributed by atoms with Gasteiger partial charge in [0.05, 0.1) is 6.61 Å². The van der Waals surface area contributed by atoms with Crippen molar-refractivity contribution in [3.63, 3.8) is 0 Å². The Morgan fingerprint density at radius 3 is 2.29 bits per heavy atom. The van der Waals surface area contributed by atoms with Crippen LogP contribution < -0.4 is 0 Å². The quantitative estimate of drug-likeness (QED) is 0.363. The molecular formula is C19H28O2. The minimum absolute atomic E-state index is 0.237. The van der Waals surface area contributed by atoms with Crippen LogP contribution in [0.5, 0.6) is 0 Å². The number of ether oxygens (including phenoxy) is 1. The largest absolute Gasteiger partial charge is 0.463 e. The number of rotatable bonds is 8. The second-order valence-electron chi connectivity index (χ2n) is 4.75. The molecule has 1 aromatic rings. The maximum atomic E-state index is 11.1. The van der Waals surface area contributed by atoms with Crippen molar-refractivity contribution in [1.29, 1.82) is 0 Å². The van der Waals surface area contributed by atoms with Crippen molar-refractivity contribution in [1.82, 2.24) is 0 Å². The summed E-state index contributed by atoms with van der Waals surface area (Å²) in [6.45, 7) is 11.7. The number of carbonyl (C=O) groups is 1. The Hall–Kier alpha value is -1.83. The minimum atomic E-state index is -0.237. The molecule has 0 fully saturated rings. The van der Waals surface area contributed by atoms with Gasteiger partial charge in [-0.3, -0.25) is 0 Å². The van der Waals surface area contributed by atoms with Gasteiger partial charge in [-0.15, -0.1) is 0 Å². The molecule has 0 bridgehead atoms. The van der Waals surface area contributed by atoms with E-state index in [4.69, 9.17) is 4.74 Å². The number of carbonyl (C=O) groups excluding carboxylic acids is 1. The number of esters is 1. The third-order valence-corrected chi connectivity index (χ3v) is 2.93. The highest BCUT2D eigenvalue weighted by Crippen LogP contribution is 2.09. The summed E-state index contributed by atoms with van der Waals surface area (Å²) < 4.78 is 4.82. The van der Waals surface area contributed by atoms with Gasteiger partial charge in [0.1, 0.15) is 0 Å². The van der Waals surface area contributed by atoms with Crippen molar-refractivity contribution >= 4 is 12.0 Å². The first kappa shape index (κ1) is 19.2. The van der Waals surface area contributed by atoms with Crippen molar-refractivity contribution in [2.24, 2.45) is 0 Å². The number of benzene rings is 1. The SMILES string of the molecule is C=C(CCCCCC)C(=O)OCC.C=Cc1ccccc1. The molecule has 0 saturated carbocycles. The molecule has 1 rings (SSSR count). The molecule has 2 nitrogen and oxygen atoms in total. The Balaban J connectivity index is 0.000000423. The van der Waals surface area contributed by atoms with E-state index in [-0.39, 0.29) is 5.97 Å². The van der Waals surface area contributed by atoms with Crippen LogP contribution in [0.3, 0.4) is 0 Å². The lowest BCUT2D eigenvalue weighted by Crippen LogP contribution is -2.06. The molecule has 0 N–H and O–H groups in total. The van der Waals surface area contributed by atoms with Gasteiger partial charge in [-0.05, 0) is 25.3 Å². The lowest BCUT2D eigenvalue weighted by molar-refractivity contribution is -0.138. The molecule has 0 heterocycles. The van der Waals surface area contributed by atoms with E-state index in [2.05, 4.69) is 20.1 Å². The van der Waals surface area contributed by atoms with Gasteiger partial charge in [0.15, 0.2) is 0 Å². The molecule has 0 saturated heterocycles. The fraction of sp³-hybridized carbons (Fsp3) is 0.421. The van der Waals surface area contributed by atoms with Crippen molar-refractivity contribution in [3.8, 4) is 0 Å². The van der Waals surface area contributed by atoms with Crippen molar-refractivity contribution < 1.29 is 9.53 Å². The van der Waals surface area contributed by atoms with Gasteiger partial charge in [0, 0.05) is 5.57 Å². The zero-order valence-electron chi connectivity index (χ0n) is 13.4. The van der Waals surface area contributed by atoms with Crippen LogP contribution >= 0.6 is 0 Å². The number of unbranched alkanes of at least 4 members (excludes halogenated alkanes) is 3. The van der Waals surface area contributed by atoms with Gasteiger partial charge in [-0.25, -0.2) is 4.79 Å². The summed E-state index contributed by atoms with van der Waals surface area (Å²) in [5.74, 6) is -0.237. The summed E-state index contributed by atoms with van der Waals surface area (Å²) in [4.78, 5) is 11.1. The highest BCUT2D eigenvalue weighted by Gasteiger charge is 2.06. The standard InChI is InChI=1S/C11H20O2.C8H8/c1-4-6-7-8-9-10(3)11(12)13-5-2;1-2-8-6-4-3-5-7-8/h3-9H2,1-2H3;2-7H,1H2. The van der Waals surface area contributed by atoms with Crippen LogP contribution in [-0.2, 0) is 9.53 Å². The molecular weight excluding hydrogens is 260 g/mol. The Morgan fingerprint density at radius 1 is 1.14 bits per heavy atom. The van der Waals surface area contributed by atoms with E-state index in [1.54, 1.807) is 0 Å². The highest BCUT2D eigenvalue weighted by atomic mass is 16.5. The zero-order chi connectivity index (χ0) is 15.9. The third kappa shape index (κ3) is 10.6. The summed E-state index contributed by atoms with van der Waals surface area (Å²) in [6, 6.07) is 10.0. The fourth-order valence-electron chi connectivity index (χ4n) is 1.69. The van der Waals surface area contributed by atoms with Crippen LogP contribution in [0.1, 0.15) is 51.5 Å². The summed E-state index contributed by atoms with van der Waals surface area (Å²) >= 11 is 0. The maximum Gasteiger partial charge on any atom is 0.333 e. The zero-order valence-corrected chi connectivity index (χ0v) is 13.4. The topological polar surface area (TPSA) is 26.3 Å². The Kier molecular flexibility index (Phi) is 12.0. The Labute approximate surface area is 129 Å². The van der Waals surface area contributed by atoms with Gasteiger partial charge < -0.3 is 4.74 Å². The molecule has 1 aromatic carbocycles. The number of hydrogen-bond acceptors (Lipinski definition) is 2. The number of hydrogen-bond donors (Lipinski definition) is 0. The van der Waals surface area contributed by atoms with E-state index in [0.29, 0.717) is 12.2 Å². The van der Waals surface area contributed by atoms with E-state index in [0.717, 1.165) is 12.8 Å². The lowest BCUT2D eigenvalue weighted by Gasteiger charge is -2.04. The second kappa shape index (κ2) is 13.2. The molecule has 0 aliphatic rings. The first-order chi connectivity index (χ1) is 10.2. The Bertz CT molecular complexity index is 407. The van der Waals surface area contributed by atoms with Crippen molar-refractivity contribution in [2.45, 2.75) is 46.0 Å². The minimum Gasteiger partial charge on any atom is -0.463 e. The summed E-state index contributed by atoms with van der Waals surface area (Å²) in [7, 11) is 0. The predicted molar refractivity (Wildman–Crippen MR) is 91.1 cm³/mol. The first-order valence-electron chi connectivity index (χ1n) is 7.68. The normalized spacial score (nSPS) is 9.24. The van der Waals surface area contributed by atoms with Gasteiger partial charge in [0.25, 0.3) is 0 Å². The average molecular weight is 288 g/mol. The summed E-state index contributed by atoms with van der Waals surface area (Å²) in [6.07, 6.45) is 7.28. The summed E-state index contributed by atoms with van der Waals surface area (Å²) in [5, 5.41) is 0. The molecule has 0 spiro atoms. The van der Waals surface area contributed by atoms with Crippen LogP contribution in [0, 0.1) is 0 Å². The molecule has 2 heteroatoms. The Morgan fingerprint density at radius 2 is 1.81 bits per heavy atom. The van der Waals surface area contributed by atoms with Gasteiger partial charge in [-0.2, -0.15) is 0 Å². The monoisotopic (exact) mass is 288 g/mol. The maximum absolute atomic E-state index is 11.1. The lowest BCUT2D eigenvalue weighted by atomic mass is 10.1. The van der Waals surface area contributed by atoms with Crippen molar-refractivity contribution in [3.05, 3.63) is 54.6 Å². The summed E-state index contributed by atoms with van der Waals surface area (Å²) in [5.41, 5.74) is 1.78. The molecule has 21 heavy (non-hydrogen) atoms. The molecule has 116 valence electrons. The van der Waals surface area contributed by atoms with E-state index >= 15 is 0 Å². The molecule has 0 unspecified atom stereocenters. The van der Waals surface area contributed by atoms with Crippen LogP contribution in [0.15, 0.2) is 49.1 Å². The third-order valence-electron chi connectivity index (χ3n) is 2.93. The van der Waals surface area contributed by atoms with Crippen LogP contribution in [-0.4, -0.2) is 12.6 Å². The molecule has 0 aliphatic heterocycles. The van der Waals surface area contributed by atoms with Crippen LogP contribution in [0.25, 0.3) is 6.08 Å². The van der Waals surface area contributed by atoms with Gasteiger partial charge >= 0.3 is 5.97 Å². The molecule has 0 atom stereocenters. The molecule has 0 aliphatic carbocycles. The fourth-order valence-corrected chi connectivity index (χ4v) is 1.69. The molecule has 0 radical (unpaired) electrons. The van der Waals surface area contributed by atoms with E-state index < -0.39 is 0 Å². The van der Waals surface area contributed by atoms with E-state index in [1.165, 1.54) is 24.8 Å². The first-order valence-corrected chi connectivity index (χ1v) is 7.68. The van der Waals surface area contributed by atoms with Gasteiger partial charge in [-0.1, -0.05) is 75.8 Å². The van der Waals surface area contributed by atoms with Crippen LogP contribution in [0.2, 0.25) is 0 Å². The van der Waals surface area contributed by atoms with Gasteiger partial charge in [0.2, 0.25) is 0 Å². The molecule has 0 amide bonds. The van der Waals surface area contributed by atoms with Crippen molar-refractivity contribution in [2.75, 3.05) is 6.61 Å².